The first-order valence-electron chi connectivity index (χ1n) is 8.30. The van der Waals surface area contributed by atoms with Crippen LogP contribution in [0.15, 0.2) is 30.3 Å². The van der Waals surface area contributed by atoms with Gasteiger partial charge < -0.3 is 19.9 Å². The first kappa shape index (κ1) is 17.0. The number of carbonyl (C=O) groups is 3. The van der Waals surface area contributed by atoms with Crippen LogP contribution in [0, 0.1) is 5.92 Å². The lowest BCUT2D eigenvalue weighted by atomic mass is 9.97. The second kappa shape index (κ2) is 7.38. The summed E-state index contributed by atoms with van der Waals surface area (Å²) in [5.74, 6) is -1.14. The fourth-order valence-electron chi connectivity index (χ4n) is 3.11. The van der Waals surface area contributed by atoms with Gasteiger partial charge >= 0.3 is 5.97 Å². The van der Waals surface area contributed by atoms with E-state index in [1.165, 1.54) is 7.11 Å². The molecule has 0 aliphatic carbocycles. The lowest BCUT2D eigenvalue weighted by molar-refractivity contribution is -0.141. The topological polar surface area (TPSA) is 91.5 Å². The number of nitrogens with zero attached hydrogens (tertiary/aromatic N) is 1. The normalized spacial score (nSPS) is 17.3. The minimum atomic E-state index is -0.491. The summed E-state index contributed by atoms with van der Waals surface area (Å²) in [6, 6.07) is 9.54. The third-order valence-electron chi connectivity index (χ3n) is 4.47. The molecule has 3 rings (SSSR count). The van der Waals surface area contributed by atoms with Crippen LogP contribution in [-0.2, 0) is 14.3 Å². The summed E-state index contributed by atoms with van der Waals surface area (Å²) in [4.78, 5) is 40.9. The Kier molecular flexibility index (Phi) is 5.02. The number of para-hydroxylation sites is 1. The molecule has 1 saturated heterocycles. The van der Waals surface area contributed by atoms with E-state index >= 15 is 0 Å². The van der Waals surface area contributed by atoms with E-state index in [1.54, 1.807) is 4.90 Å². The number of hydrogen-bond acceptors (Lipinski definition) is 4. The molecule has 1 aliphatic rings. The lowest BCUT2D eigenvalue weighted by Gasteiger charge is -2.31. The molecule has 0 bridgehead atoms. The van der Waals surface area contributed by atoms with Crippen molar-refractivity contribution in [3.05, 3.63) is 36.0 Å². The van der Waals surface area contributed by atoms with Gasteiger partial charge in [0.05, 0.1) is 13.0 Å². The Morgan fingerprint density at radius 3 is 2.88 bits per heavy atom. The van der Waals surface area contributed by atoms with Crippen LogP contribution in [0.2, 0.25) is 0 Å². The third kappa shape index (κ3) is 3.81. The fraction of sp³-hybridized carbons (Fsp3) is 0.389. The Morgan fingerprint density at radius 2 is 2.12 bits per heavy atom. The number of aromatic nitrogens is 1. The molecule has 0 radical (unpaired) electrons. The van der Waals surface area contributed by atoms with E-state index in [0.29, 0.717) is 25.2 Å². The summed E-state index contributed by atoms with van der Waals surface area (Å²) in [6.45, 7) is 0.817. The van der Waals surface area contributed by atoms with Gasteiger partial charge in [0.25, 0.3) is 5.91 Å². The minimum absolute atomic E-state index is 0.110. The number of benzene rings is 1. The molecule has 1 aromatic carbocycles. The van der Waals surface area contributed by atoms with E-state index in [0.717, 1.165) is 17.3 Å². The van der Waals surface area contributed by atoms with Crippen LogP contribution in [0.25, 0.3) is 10.9 Å². The predicted octanol–water partition coefficient (Wildman–Crippen LogP) is 1.31. The zero-order chi connectivity index (χ0) is 17.8. The number of methoxy groups -OCH3 is 1. The molecule has 2 amide bonds. The first-order valence-corrected chi connectivity index (χ1v) is 8.30. The number of fused-ring (bicyclic) bond motifs is 1. The van der Waals surface area contributed by atoms with Crippen molar-refractivity contribution in [2.45, 2.75) is 12.8 Å². The Labute approximate surface area is 145 Å². The molecule has 1 atom stereocenters. The molecule has 2 heterocycles. The molecule has 132 valence electrons. The van der Waals surface area contributed by atoms with Gasteiger partial charge in [-0.05, 0) is 25.0 Å². The van der Waals surface area contributed by atoms with Crippen molar-refractivity contribution < 1.29 is 19.1 Å². The highest BCUT2D eigenvalue weighted by Gasteiger charge is 2.29. The maximum Gasteiger partial charge on any atom is 0.325 e. The van der Waals surface area contributed by atoms with Crippen LogP contribution < -0.4 is 5.32 Å². The number of hydrogen-bond donors (Lipinski definition) is 2. The van der Waals surface area contributed by atoms with E-state index in [4.69, 9.17) is 0 Å². The smallest absolute Gasteiger partial charge is 0.325 e. The first-order chi connectivity index (χ1) is 12.1. The number of nitrogens with one attached hydrogen (secondary N) is 2. The van der Waals surface area contributed by atoms with Crippen LogP contribution in [0.3, 0.4) is 0 Å². The van der Waals surface area contributed by atoms with Gasteiger partial charge in [0.2, 0.25) is 5.91 Å². The highest BCUT2D eigenvalue weighted by molar-refractivity contribution is 5.98. The Balaban J connectivity index is 1.65. The molecule has 7 nitrogen and oxygen atoms in total. The minimum Gasteiger partial charge on any atom is -0.468 e. The average molecular weight is 343 g/mol. The lowest BCUT2D eigenvalue weighted by Crippen LogP contribution is -2.46. The highest BCUT2D eigenvalue weighted by atomic mass is 16.5. The van der Waals surface area contributed by atoms with Gasteiger partial charge in [-0.3, -0.25) is 14.4 Å². The molecule has 1 fully saturated rings. The van der Waals surface area contributed by atoms with E-state index in [9.17, 15) is 14.4 Å². The SMILES string of the molecule is COC(=O)CNC(=O)[C@H]1CCCN(C(=O)c2cc3ccccc3[nH]2)C1. The summed E-state index contributed by atoms with van der Waals surface area (Å²) in [5.41, 5.74) is 1.44. The summed E-state index contributed by atoms with van der Waals surface area (Å²) < 4.78 is 4.51. The molecule has 1 aromatic heterocycles. The Bertz CT molecular complexity index is 765. The number of piperidine rings is 1. The third-order valence-corrected chi connectivity index (χ3v) is 4.47. The monoisotopic (exact) mass is 343 g/mol. The molecule has 1 aliphatic heterocycles. The van der Waals surface area contributed by atoms with Crippen LogP contribution in [-0.4, -0.2) is 54.4 Å². The number of likely N-dealkylation sites (tertiary alicyclic amines) is 1. The van der Waals surface area contributed by atoms with Crippen molar-refractivity contribution in [2.75, 3.05) is 26.7 Å². The van der Waals surface area contributed by atoms with Crippen molar-refractivity contribution in [3.63, 3.8) is 0 Å². The molecule has 0 unspecified atom stereocenters. The van der Waals surface area contributed by atoms with Crippen molar-refractivity contribution >= 4 is 28.7 Å². The molecule has 7 heteroatoms. The van der Waals surface area contributed by atoms with Crippen LogP contribution >= 0.6 is 0 Å². The summed E-state index contributed by atoms with van der Waals surface area (Å²) in [7, 11) is 1.27. The van der Waals surface area contributed by atoms with Crippen LogP contribution in [0.1, 0.15) is 23.3 Å². The van der Waals surface area contributed by atoms with E-state index in [-0.39, 0.29) is 24.3 Å². The van der Waals surface area contributed by atoms with Crippen molar-refractivity contribution in [3.8, 4) is 0 Å². The summed E-state index contributed by atoms with van der Waals surface area (Å²) >= 11 is 0. The second-order valence-corrected chi connectivity index (χ2v) is 6.15. The fourth-order valence-corrected chi connectivity index (χ4v) is 3.11. The zero-order valence-electron chi connectivity index (χ0n) is 14.1. The van der Waals surface area contributed by atoms with Gasteiger partial charge in [-0.15, -0.1) is 0 Å². The number of esters is 1. The van der Waals surface area contributed by atoms with E-state index < -0.39 is 5.97 Å². The predicted molar refractivity (Wildman–Crippen MR) is 92.0 cm³/mol. The largest absolute Gasteiger partial charge is 0.468 e. The Hall–Kier alpha value is -2.83. The number of carbonyl (C=O) groups excluding carboxylic acids is 3. The zero-order valence-corrected chi connectivity index (χ0v) is 14.1. The van der Waals surface area contributed by atoms with Gasteiger partial charge in [0.15, 0.2) is 0 Å². The van der Waals surface area contributed by atoms with E-state index in [2.05, 4.69) is 15.0 Å². The molecule has 25 heavy (non-hydrogen) atoms. The van der Waals surface area contributed by atoms with E-state index in [1.807, 2.05) is 30.3 Å². The molecule has 2 aromatic rings. The van der Waals surface area contributed by atoms with Crippen molar-refractivity contribution in [2.24, 2.45) is 5.92 Å². The number of amides is 2. The molecular formula is C18H21N3O4. The number of H-pyrrole nitrogens is 1. The maximum atomic E-state index is 12.7. The van der Waals surface area contributed by atoms with Gasteiger partial charge in [-0.25, -0.2) is 0 Å². The molecule has 2 N–H and O–H groups in total. The second-order valence-electron chi connectivity index (χ2n) is 6.15. The van der Waals surface area contributed by atoms with Crippen molar-refractivity contribution in [1.82, 2.24) is 15.2 Å². The van der Waals surface area contributed by atoms with Gasteiger partial charge in [0, 0.05) is 24.0 Å². The quantitative estimate of drug-likeness (QED) is 0.819. The number of rotatable bonds is 4. The molecule has 0 saturated carbocycles. The maximum absolute atomic E-state index is 12.7. The van der Waals surface area contributed by atoms with Crippen LogP contribution in [0.4, 0.5) is 0 Å². The van der Waals surface area contributed by atoms with Crippen LogP contribution in [0.5, 0.6) is 0 Å². The molecule has 0 spiro atoms. The standard InChI is InChI=1S/C18H21N3O4/c1-25-16(22)10-19-17(23)13-6-4-8-21(11-13)18(24)15-9-12-5-2-3-7-14(12)20-15/h2-3,5,7,9,13,20H,4,6,8,10-11H2,1H3,(H,19,23)/t13-/m0/s1. The van der Waals surface area contributed by atoms with Gasteiger partial charge in [-0.2, -0.15) is 0 Å². The van der Waals surface area contributed by atoms with Crippen molar-refractivity contribution in [1.29, 1.82) is 0 Å². The van der Waals surface area contributed by atoms with Gasteiger partial charge in [-0.1, -0.05) is 18.2 Å². The molecular weight excluding hydrogens is 322 g/mol. The van der Waals surface area contributed by atoms with Gasteiger partial charge in [0.1, 0.15) is 12.2 Å². The summed E-state index contributed by atoms with van der Waals surface area (Å²) in [6.07, 6.45) is 1.45. The Morgan fingerprint density at radius 1 is 1.32 bits per heavy atom. The average Bonchev–Trinajstić information content (AvgIpc) is 3.09. The summed E-state index contributed by atoms with van der Waals surface area (Å²) in [5, 5.41) is 3.55. The number of aromatic amines is 1. The number of ether oxygens (including phenoxy) is 1. The highest BCUT2D eigenvalue weighted by Crippen LogP contribution is 2.21.